The van der Waals surface area contributed by atoms with Crippen LogP contribution in [-0.2, 0) is 14.8 Å². The lowest BCUT2D eigenvalue weighted by Gasteiger charge is -2.24. The van der Waals surface area contributed by atoms with Crippen molar-refractivity contribution in [2.75, 3.05) is 23.3 Å². The zero-order chi connectivity index (χ0) is 20.9. The number of carbonyl (C=O) groups excluding carboxylic acids is 1. The van der Waals surface area contributed by atoms with Crippen LogP contribution in [-0.4, -0.2) is 28.0 Å². The van der Waals surface area contributed by atoms with Gasteiger partial charge in [-0.05, 0) is 55.0 Å². The Labute approximate surface area is 170 Å². The number of nitrogens with one attached hydrogen (secondary N) is 1. The minimum absolute atomic E-state index is 0.0900. The maximum atomic E-state index is 13.4. The Morgan fingerprint density at radius 2 is 1.59 bits per heavy atom. The van der Waals surface area contributed by atoms with Crippen molar-refractivity contribution in [2.45, 2.75) is 11.8 Å². The number of amides is 1. The number of rotatable bonds is 7. The van der Waals surface area contributed by atoms with Crippen molar-refractivity contribution in [1.82, 2.24) is 0 Å². The van der Waals surface area contributed by atoms with Crippen LogP contribution < -0.4 is 14.4 Å². The highest BCUT2D eigenvalue weighted by molar-refractivity contribution is 7.92. The first-order valence-electron chi connectivity index (χ1n) is 8.99. The molecule has 29 heavy (non-hydrogen) atoms. The number of sulfonamides is 1. The molecule has 0 unspecified atom stereocenters. The number of hydrogen-bond donors (Lipinski definition) is 1. The van der Waals surface area contributed by atoms with Crippen molar-refractivity contribution in [3.63, 3.8) is 0 Å². The molecular weight excluding hydrogens is 388 g/mol. The van der Waals surface area contributed by atoms with Gasteiger partial charge in [-0.3, -0.25) is 9.10 Å². The highest BCUT2D eigenvalue weighted by atomic mass is 32.2. The van der Waals surface area contributed by atoms with Crippen molar-refractivity contribution in [3.05, 3.63) is 84.4 Å². The van der Waals surface area contributed by atoms with E-state index in [2.05, 4.69) is 5.32 Å². The summed E-state index contributed by atoms with van der Waals surface area (Å²) in [5.41, 5.74) is 1.70. The van der Waals surface area contributed by atoms with Gasteiger partial charge in [-0.2, -0.15) is 0 Å². The second-order valence-electron chi connectivity index (χ2n) is 6.39. The van der Waals surface area contributed by atoms with Crippen LogP contribution in [0.5, 0.6) is 5.75 Å². The fourth-order valence-corrected chi connectivity index (χ4v) is 4.41. The van der Waals surface area contributed by atoms with E-state index in [0.717, 1.165) is 4.31 Å². The Hall–Kier alpha value is -3.32. The van der Waals surface area contributed by atoms with E-state index in [4.69, 9.17) is 4.74 Å². The van der Waals surface area contributed by atoms with E-state index >= 15 is 0 Å². The Morgan fingerprint density at radius 1 is 0.966 bits per heavy atom. The van der Waals surface area contributed by atoms with Gasteiger partial charge in [-0.25, -0.2) is 8.42 Å². The molecule has 0 aliphatic heterocycles. The second-order valence-corrected chi connectivity index (χ2v) is 8.26. The second kappa shape index (κ2) is 8.79. The summed E-state index contributed by atoms with van der Waals surface area (Å²) in [6.45, 7) is 1.42. The van der Waals surface area contributed by atoms with Gasteiger partial charge < -0.3 is 10.1 Å². The smallest absolute Gasteiger partial charge is 0.264 e. The molecule has 0 aliphatic carbocycles. The maximum absolute atomic E-state index is 13.4. The summed E-state index contributed by atoms with van der Waals surface area (Å²) < 4.78 is 33.1. The fourth-order valence-electron chi connectivity index (χ4n) is 2.90. The number of para-hydroxylation sites is 2. The van der Waals surface area contributed by atoms with Gasteiger partial charge in [0.2, 0.25) is 5.91 Å². The number of ether oxygens (including phenoxy) is 1. The summed E-state index contributed by atoms with van der Waals surface area (Å²) in [5.74, 6) is 0.158. The standard InChI is InChI=1S/C22H22N2O4S/c1-17-15-20(13-14-21(17)28-2)29(26,27)24(19-11-7-4-8-12-19)16-22(25)23-18-9-5-3-6-10-18/h3-15H,16H2,1-2H3,(H,23,25). The van der Waals surface area contributed by atoms with Crippen LogP contribution in [0.2, 0.25) is 0 Å². The maximum Gasteiger partial charge on any atom is 0.264 e. The first-order chi connectivity index (χ1) is 13.9. The summed E-state index contributed by atoms with van der Waals surface area (Å²) in [5, 5.41) is 2.73. The van der Waals surface area contributed by atoms with E-state index < -0.39 is 15.9 Å². The molecule has 0 fully saturated rings. The molecule has 150 valence electrons. The molecule has 0 aromatic heterocycles. The largest absolute Gasteiger partial charge is 0.496 e. The van der Waals surface area contributed by atoms with Gasteiger partial charge >= 0.3 is 0 Å². The Kier molecular flexibility index (Phi) is 6.19. The topological polar surface area (TPSA) is 75.7 Å². The van der Waals surface area contributed by atoms with Crippen LogP contribution in [0.1, 0.15) is 5.56 Å². The predicted molar refractivity (Wildman–Crippen MR) is 114 cm³/mol. The third-order valence-electron chi connectivity index (χ3n) is 4.34. The molecule has 3 aromatic rings. The number of aryl methyl sites for hydroxylation is 1. The zero-order valence-electron chi connectivity index (χ0n) is 16.2. The molecule has 1 N–H and O–H groups in total. The molecule has 0 bridgehead atoms. The number of methoxy groups -OCH3 is 1. The van der Waals surface area contributed by atoms with Gasteiger partial charge in [0.1, 0.15) is 12.3 Å². The van der Waals surface area contributed by atoms with Crippen LogP contribution in [0.4, 0.5) is 11.4 Å². The molecule has 0 aliphatic rings. The van der Waals surface area contributed by atoms with Gasteiger partial charge in [0, 0.05) is 5.69 Å². The highest BCUT2D eigenvalue weighted by Crippen LogP contribution is 2.27. The van der Waals surface area contributed by atoms with E-state index in [0.29, 0.717) is 22.7 Å². The van der Waals surface area contributed by atoms with E-state index in [1.165, 1.54) is 13.2 Å². The molecule has 7 heteroatoms. The average Bonchev–Trinajstić information content (AvgIpc) is 2.73. The molecule has 0 radical (unpaired) electrons. The SMILES string of the molecule is COc1ccc(S(=O)(=O)N(CC(=O)Nc2ccccc2)c2ccccc2)cc1C. The Balaban J connectivity index is 1.95. The molecule has 3 aromatic carbocycles. The molecule has 0 atom stereocenters. The molecule has 3 rings (SSSR count). The van der Waals surface area contributed by atoms with Gasteiger partial charge in [0.15, 0.2) is 0 Å². The van der Waals surface area contributed by atoms with Gasteiger partial charge in [-0.1, -0.05) is 36.4 Å². The quantitative estimate of drug-likeness (QED) is 0.642. The summed E-state index contributed by atoms with van der Waals surface area (Å²) in [6, 6.07) is 22.1. The van der Waals surface area contributed by atoms with E-state index in [9.17, 15) is 13.2 Å². The van der Waals surface area contributed by atoms with Gasteiger partial charge in [0.05, 0.1) is 17.7 Å². The van der Waals surface area contributed by atoms with Crippen LogP contribution >= 0.6 is 0 Å². The van der Waals surface area contributed by atoms with Gasteiger partial charge in [-0.15, -0.1) is 0 Å². The number of hydrogen-bond acceptors (Lipinski definition) is 4. The van der Waals surface area contributed by atoms with Crippen molar-refractivity contribution >= 4 is 27.3 Å². The molecule has 0 heterocycles. The molecule has 6 nitrogen and oxygen atoms in total. The summed E-state index contributed by atoms with van der Waals surface area (Å²) in [7, 11) is -2.44. The molecule has 0 saturated heterocycles. The van der Waals surface area contributed by atoms with E-state index in [1.54, 1.807) is 73.7 Å². The van der Waals surface area contributed by atoms with Crippen molar-refractivity contribution < 1.29 is 17.9 Å². The Bertz CT molecular complexity index is 1080. The lowest BCUT2D eigenvalue weighted by atomic mass is 10.2. The molecular formula is C22H22N2O4S. The molecule has 0 saturated carbocycles. The third-order valence-corrected chi connectivity index (χ3v) is 6.11. The van der Waals surface area contributed by atoms with Crippen molar-refractivity contribution in [2.24, 2.45) is 0 Å². The lowest BCUT2D eigenvalue weighted by Crippen LogP contribution is -2.38. The van der Waals surface area contributed by atoms with Crippen LogP contribution in [0.3, 0.4) is 0 Å². The first kappa shape index (κ1) is 20.4. The number of benzene rings is 3. The Morgan fingerprint density at radius 3 is 2.17 bits per heavy atom. The number of carbonyl (C=O) groups is 1. The minimum Gasteiger partial charge on any atom is -0.496 e. The van der Waals surface area contributed by atoms with Crippen molar-refractivity contribution in [3.8, 4) is 5.75 Å². The summed E-state index contributed by atoms with van der Waals surface area (Å²) in [4.78, 5) is 12.7. The summed E-state index contributed by atoms with van der Waals surface area (Å²) >= 11 is 0. The van der Waals surface area contributed by atoms with Crippen LogP contribution in [0.15, 0.2) is 83.8 Å². The average molecular weight is 410 g/mol. The highest BCUT2D eigenvalue weighted by Gasteiger charge is 2.27. The lowest BCUT2D eigenvalue weighted by molar-refractivity contribution is -0.114. The summed E-state index contributed by atoms with van der Waals surface area (Å²) in [6.07, 6.45) is 0. The van der Waals surface area contributed by atoms with Crippen molar-refractivity contribution in [1.29, 1.82) is 0 Å². The minimum atomic E-state index is -3.97. The normalized spacial score (nSPS) is 11.0. The molecule has 1 amide bonds. The molecule has 0 spiro atoms. The van der Waals surface area contributed by atoms with E-state index in [-0.39, 0.29) is 11.4 Å². The number of nitrogens with zero attached hydrogens (tertiary/aromatic N) is 1. The van der Waals surface area contributed by atoms with Crippen LogP contribution in [0.25, 0.3) is 0 Å². The van der Waals surface area contributed by atoms with Gasteiger partial charge in [0.25, 0.3) is 10.0 Å². The monoisotopic (exact) mass is 410 g/mol. The van der Waals surface area contributed by atoms with Crippen LogP contribution in [0, 0.1) is 6.92 Å². The number of anilines is 2. The predicted octanol–water partition coefficient (Wildman–Crippen LogP) is 3.84. The van der Waals surface area contributed by atoms with E-state index in [1.807, 2.05) is 6.07 Å². The third kappa shape index (κ3) is 4.75. The first-order valence-corrected chi connectivity index (χ1v) is 10.4. The zero-order valence-corrected chi connectivity index (χ0v) is 17.0. The fraction of sp³-hybridized carbons (Fsp3) is 0.136.